The number of halogens is 1. The molecule has 0 fully saturated rings. The van der Waals surface area contributed by atoms with Crippen molar-refractivity contribution in [1.82, 2.24) is 14.8 Å². The average Bonchev–Trinajstić information content (AvgIpc) is 2.71. The number of nitrogens with zero attached hydrogens (tertiary/aromatic N) is 4. The van der Waals surface area contributed by atoms with Crippen LogP contribution in [-0.2, 0) is 0 Å². The Labute approximate surface area is 108 Å². The van der Waals surface area contributed by atoms with Gasteiger partial charge in [0.05, 0.1) is 28.6 Å². The van der Waals surface area contributed by atoms with Gasteiger partial charge in [-0.1, -0.05) is 18.2 Å². The van der Waals surface area contributed by atoms with E-state index in [9.17, 15) is 0 Å². The van der Waals surface area contributed by atoms with Gasteiger partial charge in [0, 0.05) is 6.54 Å². The molecule has 2 rings (SSSR count). The van der Waals surface area contributed by atoms with Crippen LogP contribution in [0.3, 0.4) is 0 Å². The molecule has 0 aliphatic rings. The standard InChI is InChI=1S/C10H12IN5/c1-2-15(11)10-13-9(12)16(14-10)8-6-4-3-5-7-8/h3-7H,2H2,1H3,(H2,12,13,14). The largest absolute Gasteiger partial charge is 0.368 e. The molecule has 0 atom stereocenters. The van der Waals surface area contributed by atoms with Gasteiger partial charge in [-0.3, -0.25) is 3.11 Å². The maximum Gasteiger partial charge on any atom is 0.255 e. The summed E-state index contributed by atoms with van der Waals surface area (Å²) >= 11 is 2.16. The van der Waals surface area contributed by atoms with Crippen LogP contribution < -0.4 is 8.85 Å². The minimum Gasteiger partial charge on any atom is -0.368 e. The number of rotatable bonds is 3. The molecule has 5 nitrogen and oxygen atoms in total. The fourth-order valence-corrected chi connectivity index (χ4v) is 1.52. The minimum atomic E-state index is 0.399. The Morgan fingerprint density at radius 3 is 2.69 bits per heavy atom. The van der Waals surface area contributed by atoms with Crippen molar-refractivity contribution >= 4 is 34.8 Å². The number of para-hydroxylation sites is 1. The molecule has 0 bridgehead atoms. The second-order valence-corrected chi connectivity index (χ2v) is 4.36. The van der Waals surface area contributed by atoms with E-state index in [0.717, 1.165) is 12.2 Å². The van der Waals surface area contributed by atoms with E-state index in [2.05, 4.69) is 32.9 Å². The maximum absolute atomic E-state index is 5.83. The molecular formula is C10H12IN5. The SMILES string of the molecule is CCN(I)c1nc(N)n(-c2ccccc2)n1. The van der Waals surface area contributed by atoms with Crippen molar-refractivity contribution in [3.05, 3.63) is 30.3 Å². The molecule has 16 heavy (non-hydrogen) atoms. The van der Waals surface area contributed by atoms with Crippen LogP contribution in [0.25, 0.3) is 5.69 Å². The molecule has 2 N–H and O–H groups in total. The highest BCUT2D eigenvalue weighted by Crippen LogP contribution is 2.18. The van der Waals surface area contributed by atoms with Crippen molar-refractivity contribution in [2.45, 2.75) is 6.92 Å². The lowest BCUT2D eigenvalue weighted by molar-refractivity contribution is 0.883. The zero-order valence-corrected chi connectivity index (χ0v) is 11.0. The van der Waals surface area contributed by atoms with Crippen molar-refractivity contribution in [3.8, 4) is 5.69 Å². The van der Waals surface area contributed by atoms with Crippen LogP contribution in [0.15, 0.2) is 30.3 Å². The Morgan fingerprint density at radius 2 is 2.06 bits per heavy atom. The zero-order valence-electron chi connectivity index (χ0n) is 8.84. The van der Waals surface area contributed by atoms with E-state index in [1.165, 1.54) is 0 Å². The number of hydrogen-bond donors (Lipinski definition) is 1. The summed E-state index contributed by atoms with van der Waals surface area (Å²) in [5, 5.41) is 4.35. The summed E-state index contributed by atoms with van der Waals surface area (Å²) in [6, 6.07) is 9.72. The van der Waals surface area contributed by atoms with Gasteiger partial charge in [-0.2, -0.15) is 9.67 Å². The first-order valence-corrected chi connectivity index (χ1v) is 5.90. The molecule has 0 radical (unpaired) electrons. The van der Waals surface area contributed by atoms with Crippen molar-refractivity contribution in [2.24, 2.45) is 0 Å². The number of nitrogens with two attached hydrogens (primary N) is 1. The lowest BCUT2D eigenvalue weighted by Gasteiger charge is -2.06. The maximum atomic E-state index is 5.83. The highest BCUT2D eigenvalue weighted by molar-refractivity contribution is 14.1. The molecule has 0 aliphatic heterocycles. The second kappa shape index (κ2) is 4.69. The van der Waals surface area contributed by atoms with Gasteiger partial charge in [-0.25, -0.2) is 0 Å². The summed E-state index contributed by atoms with van der Waals surface area (Å²) in [5.41, 5.74) is 6.74. The quantitative estimate of drug-likeness (QED) is 0.691. The third-order valence-corrected chi connectivity index (χ3v) is 3.23. The van der Waals surface area contributed by atoms with Crippen molar-refractivity contribution < 1.29 is 0 Å². The number of hydrogen-bond acceptors (Lipinski definition) is 4. The first kappa shape index (κ1) is 11.2. The second-order valence-electron chi connectivity index (χ2n) is 3.20. The molecule has 1 heterocycles. The molecule has 1 aromatic carbocycles. The number of anilines is 2. The molecule has 0 amide bonds. The first-order chi connectivity index (χ1) is 7.72. The highest BCUT2D eigenvalue weighted by Gasteiger charge is 2.11. The van der Waals surface area contributed by atoms with Crippen LogP contribution in [0, 0.1) is 0 Å². The number of aromatic nitrogens is 3. The Bertz CT molecular complexity index is 467. The predicted octanol–water partition coefficient (Wildman–Crippen LogP) is 2.03. The lowest BCUT2D eigenvalue weighted by atomic mass is 10.3. The lowest BCUT2D eigenvalue weighted by Crippen LogP contribution is -2.09. The predicted molar refractivity (Wildman–Crippen MR) is 72.8 cm³/mol. The smallest absolute Gasteiger partial charge is 0.255 e. The molecule has 0 saturated carbocycles. The summed E-state index contributed by atoms with van der Waals surface area (Å²) in [4.78, 5) is 4.21. The topological polar surface area (TPSA) is 60.0 Å². The van der Waals surface area contributed by atoms with Crippen LogP contribution in [0.4, 0.5) is 11.9 Å². The van der Waals surface area contributed by atoms with E-state index in [-0.39, 0.29) is 0 Å². The first-order valence-electron chi connectivity index (χ1n) is 4.93. The third-order valence-electron chi connectivity index (χ3n) is 2.12. The number of benzene rings is 1. The van der Waals surface area contributed by atoms with Gasteiger partial charge in [0.2, 0.25) is 5.95 Å². The summed E-state index contributed by atoms with van der Waals surface area (Å²) in [7, 11) is 0. The van der Waals surface area contributed by atoms with E-state index in [1.54, 1.807) is 4.68 Å². The molecule has 1 aromatic heterocycles. The summed E-state index contributed by atoms with van der Waals surface area (Å²) in [6.07, 6.45) is 0. The molecule has 84 valence electrons. The van der Waals surface area contributed by atoms with Gasteiger partial charge in [0.1, 0.15) is 0 Å². The fraction of sp³-hybridized carbons (Fsp3) is 0.200. The molecule has 0 saturated heterocycles. The van der Waals surface area contributed by atoms with Crippen LogP contribution in [-0.4, -0.2) is 21.3 Å². The van der Waals surface area contributed by atoms with Crippen LogP contribution in [0.1, 0.15) is 6.92 Å². The molecule has 6 heteroatoms. The summed E-state index contributed by atoms with van der Waals surface area (Å²) < 4.78 is 3.55. The van der Waals surface area contributed by atoms with Crippen LogP contribution in [0.2, 0.25) is 0 Å². The minimum absolute atomic E-state index is 0.399. The van der Waals surface area contributed by atoms with E-state index in [4.69, 9.17) is 5.73 Å². The normalized spacial score (nSPS) is 10.4. The third kappa shape index (κ3) is 2.11. The zero-order chi connectivity index (χ0) is 11.5. The Morgan fingerprint density at radius 1 is 1.38 bits per heavy atom. The van der Waals surface area contributed by atoms with Gasteiger partial charge in [-0.05, 0) is 19.1 Å². The van der Waals surface area contributed by atoms with Crippen molar-refractivity contribution in [3.63, 3.8) is 0 Å². The van der Waals surface area contributed by atoms with Gasteiger partial charge in [-0.15, -0.1) is 5.10 Å². The number of nitrogen functional groups attached to an aromatic ring is 1. The highest BCUT2D eigenvalue weighted by atomic mass is 127. The van der Waals surface area contributed by atoms with Gasteiger partial charge >= 0.3 is 0 Å². The molecule has 0 spiro atoms. The average molecular weight is 329 g/mol. The summed E-state index contributed by atoms with van der Waals surface area (Å²) in [6.45, 7) is 2.87. The Hall–Kier alpha value is -1.31. The van der Waals surface area contributed by atoms with Gasteiger partial charge in [0.15, 0.2) is 0 Å². The summed E-state index contributed by atoms with van der Waals surface area (Å²) in [5.74, 6) is 1.03. The van der Waals surface area contributed by atoms with Crippen molar-refractivity contribution in [1.29, 1.82) is 0 Å². The Kier molecular flexibility index (Phi) is 3.28. The van der Waals surface area contributed by atoms with Crippen LogP contribution in [0.5, 0.6) is 0 Å². The monoisotopic (exact) mass is 329 g/mol. The van der Waals surface area contributed by atoms with E-state index in [0.29, 0.717) is 11.9 Å². The molecule has 0 unspecified atom stereocenters. The van der Waals surface area contributed by atoms with Gasteiger partial charge < -0.3 is 5.73 Å². The van der Waals surface area contributed by atoms with Crippen molar-refractivity contribution in [2.75, 3.05) is 15.4 Å². The van der Waals surface area contributed by atoms with Crippen LogP contribution >= 0.6 is 22.9 Å². The van der Waals surface area contributed by atoms with E-state index >= 15 is 0 Å². The van der Waals surface area contributed by atoms with Gasteiger partial charge in [0.25, 0.3) is 5.95 Å². The fourth-order valence-electron chi connectivity index (χ4n) is 1.32. The van der Waals surface area contributed by atoms with E-state index in [1.807, 2.05) is 40.4 Å². The van der Waals surface area contributed by atoms with E-state index < -0.39 is 0 Å². The Balaban J connectivity index is 2.40. The molecular weight excluding hydrogens is 317 g/mol. The molecule has 2 aromatic rings. The molecule has 0 aliphatic carbocycles.